The highest BCUT2D eigenvalue weighted by Gasteiger charge is 2.24. The lowest BCUT2D eigenvalue weighted by Crippen LogP contribution is -2.38. The van der Waals surface area contributed by atoms with E-state index in [2.05, 4.69) is 29.7 Å². The Bertz CT molecular complexity index is 733. The molecule has 1 heterocycles. The van der Waals surface area contributed by atoms with Gasteiger partial charge in [0.1, 0.15) is 11.9 Å². The van der Waals surface area contributed by atoms with Gasteiger partial charge in [0.05, 0.1) is 6.54 Å². The summed E-state index contributed by atoms with van der Waals surface area (Å²) in [5.74, 6) is 0.841. The molecule has 5 heteroatoms. The molecule has 138 valence electrons. The molecule has 2 aromatic carbocycles. The van der Waals surface area contributed by atoms with Crippen LogP contribution in [-0.4, -0.2) is 41.8 Å². The molecule has 1 aliphatic rings. The Hall–Kier alpha value is -2.37. The SMILES string of the molecule is CC(CNO)Oc1ccc2c(c1)CCN(CCCc1ccccc1)C2=O. The van der Waals surface area contributed by atoms with E-state index in [0.717, 1.165) is 49.2 Å². The van der Waals surface area contributed by atoms with Crippen molar-refractivity contribution in [3.8, 4) is 5.75 Å². The van der Waals surface area contributed by atoms with Gasteiger partial charge in [-0.1, -0.05) is 30.3 Å². The fourth-order valence-electron chi connectivity index (χ4n) is 3.32. The Morgan fingerprint density at radius 1 is 1.23 bits per heavy atom. The Morgan fingerprint density at radius 2 is 2.04 bits per heavy atom. The topological polar surface area (TPSA) is 61.8 Å². The Labute approximate surface area is 154 Å². The van der Waals surface area contributed by atoms with Crippen LogP contribution in [0, 0.1) is 0 Å². The summed E-state index contributed by atoms with van der Waals surface area (Å²) in [6.45, 7) is 3.76. The van der Waals surface area contributed by atoms with Crippen LogP contribution in [0.5, 0.6) is 5.75 Å². The normalized spacial score (nSPS) is 14.8. The van der Waals surface area contributed by atoms with Crippen LogP contribution in [0.2, 0.25) is 0 Å². The van der Waals surface area contributed by atoms with E-state index in [4.69, 9.17) is 9.94 Å². The fourth-order valence-corrected chi connectivity index (χ4v) is 3.32. The van der Waals surface area contributed by atoms with E-state index in [-0.39, 0.29) is 12.0 Å². The largest absolute Gasteiger partial charge is 0.489 e. The summed E-state index contributed by atoms with van der Waals surface area (Å²) in [6.07, 6.45) is 2.65. The average Bonchev–Trinajstić information content (AvgIpc) is 2.65. The van der Waals surface area contributed by atoms with Crippen LogP contribution in [0.3, 0.4) is 0 Å². The molecule has 26 heavy (non-hydrogen) atoms. The predicted molar refractivity (Wildman–Crippen MR) is 101 cm³/mol. The van der Waals surface area contributed by atoms with Gasteiger partial charge in [-0.3, -0.25) is 4.79 Å². The van der Waals surface area contributed by atoms with Crippen molar-refractivity contribution in [2.24, 2.45) is 0 Å². The number of hydroxylamine groups is 1. The summed E-state index contributed by atoms with van der Waals surface area (Å²) >= 11 is 0. The molecule has 0 saturated heterocycles. The molecular weight excluding hydrogens is 328 g/mol. The molecule has 1 unspecified atom stereocenters. The third-order valence-electron chi connectivity index (χ3n) is 4.70. The number of carbonyl (C=O) groups excluding carboxylic acids is 1. The summed E-state index contributed by atoms with van der Waals surface area (Å²) in [7, 11) is 0. The van der Waals surface area contributed by atoms with E-state index in [1.807, 2.05) is 36.1 Å². The molecule has 2 N–H and O–H groups in total. The van der Waals surface area contributed by atoms with Gasteiger partial charge in [0.15, 0.2) is 0 Å². The minimum atomic E-state index is -0.146. The van der Waals surface area contributed by atoms with Crippen LogP contribution in [0.15, 0.2) is 48.5 Å². The quantitative estimate of drug-likeness (QED) is 0.715. The van der Waals surface area contributed by atoms with E-state index >= 15 is 0 Å². The molecule has 0 saturated carbocycles. The third-order valence-corrected chi connectivity index (χ3v) is 4.70. The van der Waals surface area contributed by atoms with Crippen molar-refractivity contribution in [1.29, 1.82) is 0 Å². The number of ether oxygens (including phenoxy) is 1. The summed E-state index contributed by atoms with van der Waals surface area (Å²) in [4.78, 5) is 14.7. The monoisotopic (exact) mass is 354 g/mol. The van der Waals surface area contributed by atoms with Gasteiger partial charge in [-0.15, -0.1) is 0 Å². The molecule has 0 aromatic heterocycles. The predicted octanol–water partition coefficient (Wildman–Crippen LogP) is 3.06. The van der Waals surface area contributed by atoms with Gasteiger partial charge < -0.3 is 14.8 Å². The second-order valence-electron chi connectivity index (χ2n) is 6.74. The van der Waals surface area contributed by atoms with Crippen LogP contribution >= 0.6 is 0 Å². The Morgan fingerprint density at radius 3 is 2.81 bits per heavy atom. The number of nitrogens with one attached hydrogen (secondary N) is 1. The van der Waals surface area contributed by atoms with Crippen molar-refractivity contribution in [2.45, 2.75) is 32.3 Å². The number of aryl methyl sites for hydroxylation is 1. The summed E-state index contributed by atoms with van der Waals surface area (Å²) in [6, 6.07) is 16.0. The van der Waals surface area contributed by atoms with Gasteiger partial charge in [0.25, 0.3) is 5.91 Å². The van der Waals surface area contributed by atoms with Gasteiger partial charge in [-0.2, -0.15) is 0 Å². The van der Waals surface area contributed by atoms with Gasteiger partial charge >= 0.3 is 0 Å². The highest BCUT2D eigenvalue weighted by atomic mass is 16.5. The van der Waals surface area contributed by atoms with Crippen molar-refractivity contribution in [3.63, 3.8) is 0 Å². The molecule has 0 fully saturated rings. The lowest BCUT2D eigenvalue weighted by Gasteiger charge is -2.29. The lowest BCUT2D eigenvalue weighted by atomic mass is 9.98. The van der Waals surface area contributed by atoms with E-state index in [9.17, 15) is 4.79 Å². The van der Waals surface area contributed by atoms with Crippen LogP contribution < -0.4 is 10.2 Å². The first-order valence-electron chi connectivity index (χ1n) is 9.17. The highest BCUT2D eigenvalue weighted by molar-refractivity contribution is 5.96. The maximum Gasteiger partial charge on any atom is 0.254 e. The molecule has 2 aromatic rings. The van der Waals surface area contributed by atoms with Crippen LogP contribution in [-0.2, 0) is 12.8 Å². The molecule has 1 amide bonds. The van der Waals surface area contributed by atoms with Gasteiger partial charge in [0, 0.05) is 18.7 Å². The van der Waals surface area contributed by atoms with Crippen LogP contribution in [0.4, 0.5) is 0 Å². The average molecular weight is 354 g/mol. The summed E-state index contributed by atoms with van der Waals surface area (Å²) in [5, 5.41) is 8.73. The summed E-state index contributed by atoms with van der Waals surface area (Å²) in [5.41, 5.74) is 5.23. The number of fused-ring (bicyclic) bond motifs is 1. The van der Waals surface area contributed by atoms with Crippen molar-refractivity contribution in [1.82, 2.24) is 10.4 Å². The van der Waals surface area contributed by atoms with E-state index in [1.54, 1.807) is 0 Å². The van der Waals surface area contributed by atoms with Gasteiger partial charge in [0.2, 0.25) is 0 Å². The Kier molecular flexibility index (Phi) is 6.26. The van der Waals surface area contributed by atoms with Crippen molar-refractivity contribution in [2.75, 3.05) is 19.6 Å². The first-order valence-corrected chi connectivity index (χ1v) is 9.17. The number of nitrogens with zero attached hydrogens (tertiary/aromatic N) is 1. The molecule has 0 aliphatic carbocycles. The number of rotatable bonds is 8. The zero-order chi connectivity index (χ0) is 18.4. The molecule has 0 spiro atoms. The second kappa shape index (κ2) is 8.83. The van der Waals surface area contributed by atoms with Crippen molar-refractivity contribution >= 4 is 5.91 Å². The molecule has 5 nitrogen and oxygen atoms in total. The van der Waals surface area contributed by atoms with Gasteiger partial charge in [-0.25, -0.2) is 5.48 Å². The number of benzene rings is 2. The molecule has 1 aliphatic heterocycles. The third kappa shape index (κ3) is 4.62. The van der Waals surface area contributed by atoms with Crippen LogP contribution in [0.1, 0.15) is 34.8 Å². The van der Waals surface area contributed by atoms with E-state index < -0.39 is 0 Å². The molecular formula is C21H26N2O3. The molecule has 3 rings (SSSR count). The smallest absolute Gasteiger partial charge is 0.254 e. The molecule has 0 radical (unpaired) electrons. The summed E-state index contributed by atoms with van der Waals surface area (Å²) < 4.78 is 5.75. The number of carbonyl (C=O) groups is 1. The maximum absolute atomic E-state index is 12.7. The minimum absolute atomic E-state index is 0.107. The van der Waals surface area contributed by atoms with Crippen LogP contribution in [0.25, 0.3) is 0 Å². The molecule has 1 atom stereocenters. The number of hydrogen-bond acceptors (Lipinski definition) is 4. The van der Waals surface area contributed by atoms with E-state index in [0.29, 0.717) is 6.54 Å². The van der Waals surface area contributed by atoms with E-state index in [1.165, 1.54) is 5.56 Å². The zero-order valence-electron chi connectivity index (χ0n) is 15.1. The fraction of sp³-hybridized carbons (Fsp3) is 0.381. The first-order chi connectivity index (χ1) is 12.7. The lowest BCUT2D eigenvalue weighted by molar-refractivity contribution is 0.0737. The maximum atomic E-state index is 12.7. The number of amides is 1. The Balaban J connectivity index is 1.57. The molecule has 0 bridgehead atoms. The first kappa shape index (κ1) is 18.4. The van der Waals surface area contributed by atoms with Gasteiger partial charge in [-0.05, 0) is 55.5 Å². The van der Waals surface area contributed by atoms with Crippen molar-refractivity contribution in [3.05, 3.63) is 65.2 Å². The highest BCUT2D eigenvalue weighted by Crippen LogP contribution is 2.24. The minimum Gasteiger partial charge on any atom is -0.489 e. The van der Waals surface area contributed by atoms with Crippen molar-refractivity contribution < 1.29 is 14.7 Å². The number of hydrogen-bond donors (Lipinski definition) is 2. The second-order valence-corrected chi connectivity index (χ2v) is 6.74. The zero-order valence-corrected chi connectivity index (χ0v) is 15.1. The standard InChI is InChI=1S/C21H26N2O3/c1-16(15-22-25)26-19-9-10-20-18(14-19)11-13-23(21(20)24)12-5-8-17-6-3-2-4-7-17/h2-4,6-7,9-10,14,16,22,25H,5,8,11-13,15H2,1H3.